The number of nitrogen functional groups attached to an aromatic ring is 1. The van der Waals surface area contributed by atoms with Crippen LogP contribution in [0.25, 0.3) is 11.1 Å². The molecule has 0 aliphatic carbocycles. The highest BCUT2D eigenvalue weighted by Crippen LogP contribution is 2.40. The Kier molecular flexibility index (Phi) is 3.99. The lowest BCUT2D eigenvalue weighted by atomic mass is 10.1. The fraction of sp³-hybridized carbons (Fsp3) is 0.308. The summed E-state index contributed by atoms with van der Waals surface area (Å²) < 4.78 is 11.9. The van der Waals surface area contributed by atoms with E-state index in [4.69, 9.17) is 15.2 Å². The SMILES string of the molecule is COc1cc(-c2cn[nH]c2N)c(Br)cc1OC(C)C. The van der Waals surface area contributed by atoms with Crippen molar-refractivity contribution in [2.45, 2.75) is 20.0 Å². The molecule has 0 spiro atoms. The smallest absolute Gasteiger partial charge is 0.162 e. The van der Waals surface area contributed by atoms with Gasteiger partial charge in [0, 0.05) is 15.6 Å². The maximum absolute atomic E-state index is 5.84. The highest BCUT2D eigenvalue weighted by molar-refractivity contribution is 9.10. The number of hydrogen-bond donors (Lipinski definition) is 2. The molecule has 0 fully saturated rings. The zero-order chi connectivity index (χ0) is 14.0. The molecule has 5 nitrogen and oxygen atoms in total. The molecule has 1 heterocycles. The number of methoxy groups -OCH3 is 1. The molecule has 0 saturated heterocycles. The third kappa shape index (κ3) is 2.84. The van der Waals surface area contributed by atoms with E-state index < -0.39 is 0 Å². The molecular formula is C13H16BrN3O2. The molecule has 0 bridgehead atoms. The number of nitrogens with one attached hydrogen (secondary N) is 1. The second-order valence-electron chi connectivity index (χ2n) is 4.35. The minimum absolute atomic E-state index is 0.0747. The molecule has 0 aliphatic rings. The number of aromatic amines is 1. The van der Waals surface area contributed by atoms with Crippen LogP contribution in [0.3, 0.4) is 0 Å². The van der Waals surface area contributed by atoms with Gasteiger partial charge in [-0.2, -0.15) is 5.10 Å². The van der Waals surface area contributed by atoms with Crippen LogP contribution in [-0.2, 0) is 0 Å². The Balaban J connectivity index is 2.50. The zero-order valence-electron chi connectivity index (χ0n) is 11.0. The van der Waals surface area contributed by atoms with Gasteiger partial charge in [0.05, 0.1) is 19.4 Å². The van der Waals surface area contributed by atoms with E-state index in [1.54, 1.807) is 13.3 Å². The number of anilines is 1. The first kappa shape index (κ1) is 13.7. The van der Waals surface area contributed by atoms with Gasteiger partial charge < -0.3 is 15.2 Å². The van der Waals surface area contributed by atoms with Gasteiger partial charge >= 0.3 is 0 Å². The highest BCUT2D eigenvalue weighted by atomic mass is 79.9. The fourth-order valence-corrected chi connectivity index (χ4v) is 2.29. The van der Waals surface area contributed by atoms with Crippen molar-refractivity contribution >= 4 is 21.7 Å². The molecule has 2 rings (SSSR count). The van der Waals surface area contributed by atoms with Crippen molar-refractivity contribution < 1.29 is 9.47 Å². The first-order valence-corrected chi connectivity index (χ1v) is 6.65. The first-order valence-electron chi connectivity index (χ1n) is 5.86. The Morgan fingerprint density at radius 2 is 2.00 bits per heavy atom. The molecule has 0 atom stereocenters. The number of nitrogens with zero attached hydrogens (tertiary/aromatic N) is 1. The maximum Gasteiger partial charge on any atom is 0.162 e. The standard InChI is InChI=1S/C13H16BrN3O2/c1-7(2)19-12-5-10(14)8(4-11(12)18-3)9-6-16-17-13(9)15/h4-7H,1-3H3,(H3,15,16,17). The summed E-state index contributed by atoms with van der Waals surface area (Å²) in [5.41, 5.74) is 7.56. The predicted molar refractivity (Wildman–Crippen MR) is 78.5 cm³/mol. The van der Waals surface area contributed by atoms with Gasteiger partial charge in [0.2, 0.25) is 0 Å². The minimum atomic E-state index is 0.0747. The second-order valence-corrected chi connectivity index (χ2v) is 5.20. The summed E-state index contributed by atoms with van der Waals surface area (Å²) >= 11 is 3.52. The molecule has 1 aromatic carbocycles. The molecule has 0 amide bonds. The van der Waals surface area contributed by atoms with Crippen LogP contribution >= 0.6 is 15.9 Å². The fourth-order valence-electron chi connectivity index (χ4n) is 1.76. The van der Waals surface area contributed by atoms with Crippen molar-refractivity contribution in [2.75, 3.05) is 12.8 Å². The predicted octanol–water partition coefficient (Wildman–Crippen LogP) is 3.22. The molecule has 0 aliphatic heterocycles. The topological polar surface area (TPSA) is 73.2 Å². The summed E-state index contributed by atoms with van der Waals surface area (Å²) in [5.74, 6) is 1.86. The van der Waals surface area contributed by atoms with E-state index in [0.717, 1.165) is 15.6 Å². The molecule has 1 aromatic heterocycles. The average Bonchev–Trinajstić information content (AvgIpc) is 2.75. The van der Waals surface area contributed by atoms with Crippen LogP contribution in [0.15, 0.2) is 22.8 Å². The monoisotopic (exact) mass is 325 g/mol. The second kappa shape index (κ2) is 5.52. The summed E-state index contributed by atoms with van der Waals surface area (Å²) in [4.78, 5) is 0. The average molecular weight is 326 g/mol. The number of H-pyrrole nitrogens is 1. The van der Waals surface area contributed by atoms with Crippen molar-refractivity contribution in [1.82, 2.24) is 10.2 Å². The van der Waals surface area contributed by atoms with Crippen LogP contribution in [0, 0.1) is 0 Å². The number of benzene rings is 1. The highest BCUT2D eigenvalue weighted by Gasteiger charge is 2.15. The van der Waals surface area contributed by atoms with Gasteiger partial charge in [0.25, 0.3) is 0 Å². The van der Waals surface area contributed by atoms with Crippen LogP contribution in [-0.4, -0.2) is 23.4 Å². The van der Waals surface area contributed by atoms with Gasteiger partial charge in [0.15, 0.2) is 11.5 Å². The van der Waals surface area contributed by atoms with Crippen LogP contribution in [0.1, 0.15) is 13.8 Å². The molecular weight excluding hydrogens is 310 g/mol. The van der Waals surface area contributed by atoms with Crippen LogP contribution in [0.5, 0.6) is 11.5 Å². The first-order chi connectivity index (χ1) is 9.02. The zero-order valence-corrected chi connectivity index (χ0v) is 12.6. The van der Waals surface area contributed by atoms with Gasteiger partial charge in [-0.3, -0.25) is 5.10 Å². The maximum atomic E-state index is 5.84. The number of rotatable bonds is 4. The number of hydrogen-bond acceptors (Lipinski definition) is 4. The summed E-state index contributed by atoms with van der Waals surface area (Å²) in [6.45, 7) is 3.94. The van der Waals surface area contributed by atoms with Crippen molar-refractivity contribution in [3.63, 3.8) is 0 Å². The normalized spacial score (nSPS) is 10.8. The third-order valence-corrected chi connectivity index (χ3v) is 3.23. The van der Waals surface area contributed by atoms with Gasteiger partial charge in [-0.15, -0.1) is 0 Å². The molecule has 0 saturated carbocycles. The third-order valence-electron chi connectivity index (χ3n) is 2.57. The molecule has 6 heteroatoms. The van der Waals surface area contributed by atoms with Gasteiger partial charge in [-0.1, -0.05) is 15.9 Å². The van der Waals surface area contributed by atoms with E-state index in [2.05, 4.69) is 26.1 Å². The molecule has 102 valence electrons. The van der Waals surface area contributed by atoms with Crippen molar-refractivity contribution in [3.8, 4) is 22.6 Å². The largest absolute Gasteiger partial charge is 0.493 e. The molecule has 0 unspecified atom stereocenters. The Morgan fingerprint density at radius 1 is 1.26 bits per heavy atom. The summed E-state index contributed by atoms with van der Waals surface area (Å²) in [5, 5.41) is 6.64. The number of ether oxygens (including phenoxy) is 2. The van der Waals surface area contributed by atoms with E-state index in [0.29, 0.717) is 17.3 Å². The molecule has 2 aromatic rings. The van der Waals surface area contributed by atoms with Crippen LogP contribution in [0.4, 0.5) is 5.82 Å². The summed E-state index contributed by atoms with van der Waals surface area (Å²) in [6.07, 6.45) is 1.75. The van der Waals surface area contributed by atoms with E-state index in [1.165, 1.54) is 0 Å². The molecule has 3 N–H and O–H groups in total. The summed E-state index contributed by atoms with van der Waals surface area (Å²) in [7, 11) is 1.61. The Morgan fingerprint density at radius 3 is 2.53 bits per heavy atom. The Bertz CT molecular complexity index is 581. The van der Waals surface area contributed by atoms with Crippen LogP contribution in [0.2, 0.25) is 0 Å². The van der Waals surface area contributed by atoms with E-state index in [1.807, 2.05) is 26.0 Å². The molecule has 0 radical (unpaired) electrons. The summed E-state index contributed by atoms with van der Waals surface area (Å²) in [6, 6.07) is 3.75. The quantitative estimate of drug-likeness (QED) is 0.905. The van der Waals surface area contributed by atoms with E-state index in [9.17, 15) is 0 Å². The van der Waals surface area contributed by atoms with Gasteiger partial charge in [-0.05, 0) is 26.0 Å². The lowest BCUT2D eigenvalue weighted by Gasteiger charge is -2.15. The number of nitrogens with two attached hydrogens (primary N) is 1. The van der Waals surface area contributed by atoms with Crippen molar-refractivity contribution in [3.05, 3.63) is 22.8 Å². The number of aromatic nitrogens is 2. The van der Waals surface area contributed by atoms with E-state index in [-0.39, 0.29) is 6.10 Å². The molecule has 19 heavy (non-hydrogen) atoms. The lowest BCUT2D eigenvalue weighted by molar-refractivity contribution is 0.230. The Hall–Kier alpha value is -1.69. The van der Waals surface area contributed by atoms with Crippen molar-refractivity contribution in [1.29, 1.82) is 0 Å². The lowest BCUT2D eigenvalue weighted by Crippen LogP contribution is -2.07. The van der Waals surface area contributed by atoms with Gasteiger partial charge in [0.1, 0.15) is 5.82 Å². The van der Waals surface area contributed by atoms with Crippen LogP contribution < -0.4 is 15.2 Å². The van der Waals surface area contributed by atoms with Crippen molar-refractivity contribution in [2.24, 2.45) is 0 Å². The van der Waals surface area contributed by atoms with E-state index >= 15 is 0 Å². The number of halogens is 1. The van der Waals surface area contributed by atoms with Gasteiger partial charge in [-0.25, -0.2) is 0 Å². The Labute approximate surface area is 120 Å². The minimum Gasteiger partial charge on any atom is -0.493 e.